The maximum absolute atomic E-state index is 12.4. The van der Waals surface area contributed by atoms with Crippen LogP contribution in [0.4, 0.5) is 15.3 Å². The molecule has 0 unspecified atom stereocenters. The fraction of sp³-hybridized carbons (Fsp3) is 0.0455. The van der Waals surface area contributed by atoms with Crippen LogP contribution < -0.4 is 15.4 Å². The lowest BCUT2D eigenvalue weighted by molar-refractivity contribution is 0.0913. The average molecular weight is 390 g/mol. The van der Waals surface area contributed by atoms with Gasteiger partial charge in [0.25, 0.3) is 5.91 Å². The number of ether oxygens (including phenoxy) is 2. The van der Waals surface area contributed by atoms with Gasteiger partial charge < -0.3 is 9.47 Å². The largest absolute Gasteiger partial charge is 0.444 e. The van der Waals surface area contributed by atoms with Crippen molar-refractivity contribution < 1.29 is 23.9 Å². The number of nitrogens with one attached hydrogen (secondary N) is 2. The number of amides is 3. The molecule has 0 aliphatic rings. The Morgan fingerprint density at radius 2 is 1.34 bits per heavy atom. The van der Waals surface area contributed by atoms with Gasteiger partial charge in [0.2, 0.25) is 0 Å². The molecule has 0 fully saturated rings. The Kier molecular flexibility index (Phi) is 6.57. The van der Waals surface area contributed by atoms with Gasteiger partial charge in [0.15, 0.2) is 0 Å². The van der Waals surface area contributed by atoms with E-state index in [1.54, 1.807) is 54.6 Å². The zero-order chi connectivity index (χ0) is 20.5. The summed E-state index contributed by atoms with van der Waals surface area (Å²) < 4.78 is 10.2. The molecule has 0 bridgehead atoms. The van der Waals surface area contributed by atoms with Crippen LogP contribution in [0.5, 0.6) is 5.75 Å². The number of imide groups is 1. The fourth-order valence-electron chi connectivity index (χ4n) is 2.44. The van der Waals surface area contributed by atoms with Crippen molar-refractivity contribution in [3.8, 4) is 5.75 Å². The molecule has 3 aromatic carbocycles. The third-order valence-corrected chi connectivity index (χ3v) is 3.79. The van der Waals surface area contributed by atoms with Gasteiger partial charge in [-0.3, -0.25) is 15.4 Å². The van der Waals surface area contributed by atoms with Crippen molar-refractivity contribution in [3.63, 3.8) is 0 Å². The summed E-state index contributed by atoms with van der Waals surface area (Å²) in [6.45, 7) is 0.0310. The van der Waals surface area contributed by atoms with E-state index in [4.69, 9.17) is 9.47 Å². The minimum absolute atomic E-state index is 0.0310. The van der Waals surface area contributed by atoms with E-state index < -0.39 is 18.1 Å². The molecule has 0 saturated carbocycles. The van der Waals surface area contributed by atoms with Crippen molar-refractivity contribution >= 4 is 23.8 Å². The first-order valence-electron chi connectivity index (χ1n) is 8.77. The van der Waals surface area contributed by atoms with Crippen LogP contribution in [0.3, 0.4) is 0 Å². The second-order valence-electron chi connectivity index (χ2n) is 5.89. The molecule has 2 N–H and O–H groups in total. The molecule has 0 aromatic heterocycles. The fourth-order valence-corrected chi connectivity index (χ4v) is 2.44. The molecule has 0 radical (unpaired) electrons. The van der Waals surface area contributed by atoms with Crippen LogP contribution in [0.1, 0.15) is 15.9 Å². The maximum Gasteiger partial charge on any atom is 0.417 e. The van der Waals surface area contributed by atoms with Gasteiger partial charge in [-0.25, -0.2) is 9.59 Å². The first kappa shape index (κ1) is 19.6. The molecule has 3 amide bonds. The summed E-state index contributed by atoms with van der Waals surface area (Å²) >= 11 is 0. The third kappa shape index (κ3) is 5.93. The van der Waals surface area contributed by atoms with Crippen LogP contribution in [-0.2, 0) is 11.3 Å². The first-order chi connectivity index (χ1) is 14.1. The Balaban J connectivity index is 1.59. The Labute approximate surface area is 167 Å². The summed E-state index contributed by atoms with van der Waals surface area (Å²) in [5, 5.41) is 4.63. The molecular formula is C22H18N2O5. The molecule has 3 rings (SSSR count). The Hall–Kier alpha value is -4.13. The molecule has 7 heteroatoms. The van der Waals surface area contributed by atoms with E-state index in [0.717, 1.165) is 5.56 Å². The summed E-state index contributed by atoms with van der Waals surface area (Å²) in [5.74, 6) is -0.352. The van der Waals surface area contributed by atoms with E-state index in [2.05, 4.69) is 10.6 Å². The highest BCUT2D eigenvalue weighted by Gasteiger charge is 2.17. The van der Waals surface area contributed by atoms with E-state index >= 15 is 0 Å². The van der Waals surface area contributed by atoms with Crippen LogP contribution >= 0.6 is 0 Å². The van der Waals surface area contributed by atoms with E-state index in [0.29, 0.717) is 5.75 Å². The molecular weight excluding hydrogens is 372 g/mol. The highest BCUT2D eigenvalue weighted by atomic mass is 16.6. The number of benzene rings is 3. The van der Waals surface area contributed by atoms with Crippen LogP contribution in [-0.4, -0.2) is 18.1 Å². The van der Waals surface area contributed by atoms with Gasteiger partial charge >= 0.3 is 12.2 Å². The molecule has 3 aromatic rings. The highest BCUT2D eigenvalue weighted by Crippen LogP contribution is 2.16. The molecule has 7 nitrogen and oxygen atoms in total. The number of para-hydroxylation sites is 2. The number of alkyl carbamates (subject to hydrolysis) is 1. The predicted molar refractivity (Wildman–Crippen MR) is 107 cm³/mol. The van der Waals surface area contributed by atoms with Gasteiger partial charge in [0.05, 0.1) is 11.3 Å². The van der Waals surface area contributed by atoms with Crippen LogP contribution in [0, 0.1) is 0 Å². The van der Waals surface area contributed by atoms with Crippen molar-refractivity contribution in [3.05, 3.63) is 96.1 Å². The van der Waals surface area contributed by atoms with E-state index in [1.165, 1.54) is 12.1 Å². The topological polar surface area (TPSA) is 93.7 Å². The minimum Gasteiger partial charge on any atom is -0.444 e. The van der Waals surface area contributed by atoms with Crippen molar-refractivity contribution in [2.75, 3.05) is 5.32 Å². The normalized spacial score (nSPS) is 9.93. The molecule has 0 atom stereocenters. The molecule has 0 heterocycles. The number of carbonyl (C=O) groups is 3. The monoisotopic (exact) mass is 390 g/mol. The van der Waals surface area contributed by atoms with Gasteiger partial charge in [-0.1, -0.05) is 60.7 Å². The zero-order valence-corrected chi connectivity index (χ0v) is 15.3. The lowest BCUT2D eigenvalue weighted by Crippen LogP contribution is -2.32. The number of carbonyl (C=O) groups excluding carboxylic acids is 3. The number of rotatable bonds is 5. The highest BCUT2D eigenvalue weighted by molar-refractivity contribution is 6.08. The average Bonchev–Trinajstić information content (AvgIpc) is 2.74. The summed E-state index contributed by atoms with van der Waals surface area (Å²) in [6, 6.07) is 23.8. The molecule has 0 spiro atoms. The summed E-state index contributed by atoms with van der Waals surface area (Å²) in [5.41, 5.74) is 1.08. The second kappa shape index (κ2) is 9.70. The molecule has 0 saturated heterocycles. The lowest BCUT2D eigenvalue weighted by Gasteiger charge is -2.11. The number of anilines is 1. The predicted octanol–water partition coefficient (Wildman–Crippen LogP) is 4.36. The van der Waals surface area contributed by atoms with Gasteiger partial charge in [-0.15, -0.1) is 0 Å². The van der Waals surface area contributed by atoms with E-state index in [9.17, 15) is 14.4 Å². The van der Waals surface area contributed by atoms with Crippen LogP contribution in [0.25, 0.3) is 0 Å². The van der Waals surface area contributed by atoms with Crippen molar-refractivity contribution in [2.45, 2.75) is 6.61 Å². The molecule has 146 valence electrons. The third-order valence-electron chi connectivity index (χ3n) is 3.79. The van der Waals surface area contributed by atoms with Gasteiger partial charge in [0, 0.05) is 0 Å². The van der Waals surface area contributed by atoms with Crippen LogP contribution in [0.15, 0.2) is 84.9 Å². The zero-order valence-electron chi connectivity index (χ0n) is 15.3. The van der Waals surface area contributed by atoms with Gasteiger partial charge in [0.1, 0.15) is 12.4 Å². The first-order valence-corrected chi connectivity index (χ1v) is 8.77. The van der Waals surface area contributed by atoms with E-state index in [1.807, 2.05) is 18.2 Å². The molecule has 0 aliphatic carbocycles. The summed E-state index contributed by atoms with van der Waals surface area (Å²) in [6.07, 6.45) is -1.65. The molecule has 0 aliphatic heterocycles. The van der Waals surface area contributed by atoms with Gasteiger partial charge in [-0.05, 0) is 29.8 Å². The quantitative estimate of drug-likeness (QED) is 0.675. The second-order valence-corrected chi connectivity index (χ2v) is 5.89. The van der Waals surface area contributed by atoms with Crippen molar-refractivity contribution in [1.82, 2.24) is 5.32 Å². The van der Waals surface area contributed by atoms with Gasteiger partial charge in [-0.2, -0.15) is 0 Å². The number of hydrogen-bond acceptors (Lipinski definition) is 5. The summed E-state index contributed by atoms with van der Waals surface area (Å²) in [7, 11) is 0. The van der Waals surface area contributed by atoms with Crippen molar-refractivity contribution in [2.24, 2.45) is 0 Å². The van der Waals surface area contributed by atoms with E-state index in [-0.39, 0.29) is 17.9 Å². The maximum atomic E-state index is 12.4. The SMILES string of the molecule is O=C(NC(=O)c1ccccc1NC(=O)Oc1ccccc1)OCc1ccccc1. The summed E-state index contributed by atoms with van der Waals surface area (Å²) in [4.78, 5) is 36.4. The number of hydrogen-bond donors (Lipinski definition) is 2. The Morgan fingerprint density at radius 1 is 0.724 bits per heavy atom. The minimum atomic E-state index is -0.888. The lowest BCUT2D eigenvalue weighted by atomic mass is 10.1. The standard InChI is InChI=1S/C22H18N2O5/c25-20(24-21(26)28-15-16-9-3-1-4-10-16)18-13-7-8-14-19(18)23-22(27)29-17-11-5-2-6-12-17/h1-14H,15H2,(H,23,27)(H,24,25,26). The Bertz CT molecular complexity index is 990. The van der Waals surface area contributed by atoms with Crippen molar-refractivity contribution in [1.29, 1.82) is 0 Å². The Morgan fingerprint density at radius 3 is 2.07 bits per heavy atom. The smallest absolute Gasteiger partial charge is 0.417 e. The molecule has 29 heavy (non-hydrogen) atoms. The van der Waals surface area contributed by atoms with Crippen LogP contribution in [0.2, 0.25) is 0 Å².